The smallest absolute Gasteiger partial charge is 0.125 e. The predicted octanol–water partition coefficient (Wildman–Crippen LogP) is 6.61. The molecule has 0 saturated carbocycles. The average molecular weight is 348 g/mol. The van der Waals surface area contributed by atoms with Crippen LogP contribution in [-0.4, -0.2) is 6.61 Å². The Morgan fingerprint density at radius 3 is 1.72 bits per heavy atom. The van der Waals surface area contributed by atoms with Crippen LogP contribution in [0.5, 0.6) is 5.75 Å². The molecule has 127 valence electrons. The van der Waals surface area contributed by atoms with Crippen LogP contribution in [0.4, 0.5) is 0 Å². The van der Waals surface area contributed by atoms with Crippen LogP contribution in [0, 0.1) is 13.8 Å². The first-order valence-electron chi connectivity index (χ1n) is 8.40. The molecule has 2 heteroatoms. The molecule has 25 heavy (non-hydrogen) atoms. The lowest BCUT2D eigenvalue weighted by Gasteiger charge is -2.23. The number of aryl methyl sites for hydroxylation is 2. The SMILES string of the molecule is C=CCOc1c(C)cc([S](c2ccccc2)c2ccccc2)cc1C. The Hall–Kier alpha value is -2.45. The normalized spacial score (nSPS) is 10.7. The van der Waals surface area contributed by atoms with Gasteiger partial charge in [0.2, 0.25) is 0 Å². The molecule has 0 amide bonds. The summed E-state index contributed by atoms with van der Waals surface area (Å²) in [4.78, 5) is 3.97. The van der Waals surface area contributed by atoms with Crippen LogP contribution in [-0.2, 0) is 0 Å². The van der Waals surface area contributed by atoms with Crippen LogP contribution in [0.3, 0.4) is 0 Å². The quantitative estimate of drug-likeness (QED) is 0.456. The minimum Gasteiger partial charge on any atom is -0.489 e. The highest BCUT2D eigenvalue weighted by Crippen LogP contribution is 2.52. The molecule has 0 N–H and O–H groups in total. The molecule has 0 unspecified atom stereocenters. The van der Waals surface area contributed by atoms with Gasteiger partial charge in [-0.25, -0.2) is 0 Å². The summed E-state index contributed by atoms with van der Waals surface area (Å²) >= 11 is 0. The van der Waals surface area contributed by atoms with Gasteiger partial charge in [0.05, 0.1) is 0 Å². The third kappa shape index (κ3) is 3.97. The fourth-order valence-electron chi connectivity index (χ4n) is 2.92. The van der Waals surface area contributed by atoms with E-state index in [1.165, 1.54) is 25.8 Å². The molecule has 0 atom stereocenters. The molecule has 3 rings (SSSR count). The molecule has 0 spiro atoms. The highest BCUT2D eigenvalue weighted by molar-refractivity contribution is 8.17. The van der Waals surface area contributed by atoms with E-state index in [9.17, 15) is 0 Å². The van der Waals surface area contributed by atoms with Gasteiger partial charge in [-0.2, -0.15) is 0 Å². The number of ether oxygens (including phenoxy) is 1. The number of hydrogen-bond donors (Lipinski definition) is 0. The minimum absolute atomic E-state index is 0.125. The highest BCUT2D eigenvalue weighted by atomic mass is 32.2. The molecule has 1 radical (unpaired) electrons. The van der Waals surface area contributed by atoms with Crippen LogP contribution >= 0.6 is 10.9 Å². The summed E-state index contributed by atoms with van der Waals surface area (Å²) in [5.41, 5.74) is 2.34. The third-order valence-corrected chi connectivity index (χ3v) is 6.17. The Morgan fingerprint density at radius 1 is 0.800 bits per heavy atom. The fourth-order valence-corrected chi connectivity index (χ4v) is 5.18. The Morgan fingerprint density at radius 2 is 1.28 bits per heavy atom. The van der Waals surface area contributed by atoms with Crippen molar-refractivity contribution in [1.29, 1.82) is 0 Å². The van der Waals surface area contributed by atoms with Gasteiger partial charge in [0.25, 0.3) is 0 Å². The van der Waals surface area contributed by atoms with Crippen molar-refractivity contribution < 1.29 is 4.74 Å². The molecule has 0 aliphatic heterocycles. The topological polar surface area (TPSA) is 9.23 Å². The van der Waals surface area contributed by atoms with E-state index >= 15 is 0 Å². The molecular weight excluding hydrogens is 324 g/mol. The molecule has 0 bridgehead atoms. The summed E-state index contributed by atoms with van der Waals surface area (Å²) in [6.07, 6.45) is 1.78. The Labute approximate surface area is 153 Å². The van der Waals surface area contributed by atoms with Crippen LogP contribution in [0.25, 0.3) is 0 Å². The standard InChI is InChI=1S/C23H23OS/c1-4-15-24-23-18(2)16-22(17-19(23)3)25(20-11-7-5-8-12-20)21-13-9-6-10-14-21/h4-14,16-17H,1,15H2,2-3H3. The maximum Gasteiger partial charge on any atom is 0.125 e. The van der Waals surface area contributed by atoms with E-state index in [0.717, 1.165) is 5.75 Å². The zero-order chi connectivity index (χ0) is 17.6. The summed E-state index contributed by atoms with van der Waals surface area (Å²) < 4.78 is 5.85. The molecule has 0 aromatic heterocycles. The zero-order valence-electron chi connectivity index (χ0n) is 14.7. The van der Waals surface area contributed by atoms with Gasteiger partial charge in [-0.3, -0.25) is 0 Å². The van der Waals surface area contributed by atoms with Gasteiger partial charge < -0.3 is 4.74 Å². The van der Waals surface area contributed by atoms with Crippen LogP contribution in [0.15, 0.2) is 100 Å². The van der Waals surface area contributed by atoms with Crippen molar-refractivity contribution in [2.45, 2.75) is 28.5 Å². The van der Waals surface area contributed by atoms with Gasteiger partial charge in [0, 0.05) is 14.7 Å². The van der Waals surface area contributed by atoms with E-state index in [-0.39, 0.29) is 10.9 Å². The lowest BCUT2D eigenvalue weighted by Crippen LogP contribution is -1.99. The Kier molecular flexibility index (Phi) is 5.62. The minimum atomic E-state index is -0.125. The van der Waals surface area contributed by atoms with Gasteiger partial charge in [0.1, 0.15) is 12.4 Å². The Balaban J connectivity index is 2.10. The van der Waals surface area contributed by atoms with Crippen molar-refractivity contribution in [2.75, 3.05) is 6.61 Å². The van der Waals surface area contributed by atoms with E-state index in [0.29, 0.717) is 6.61 Å². The van der Waals surface area contributed by atoms with Crippen molar-refractivity contribution in [3.8, 4) is 5.75 Å². The number of benzene rings is 3. The van der Waals surface area contributed by atoms with Gasteiger partial charge in [-0.05, 0) is 61.4 Å². The second-order valence-corrected chi connectivity index (χ2v) is 7.94. The number of rotatable bonds is 6. The van der Waals surface area contributed by atoms with Crippen LogP contribution in [0.1, 0.15) is 11.1 Å². The average Bonchev–Trinajstić information content (AvgIpc) is 2.63. The van der Waals surface area contributed by atoms with Crippen molar-refractivity contribution in [1.82, 2.24) is 0 Å². The molecule has 0 fully saturated rings. The largest absolute Gasteiger partial charge is 0.489 e. The highest BCUT2D eigenvalue weighted by Gasteiger charge is 2.17. The molecule has 1 nitrogen and oxygen atoms in total. The first-order chi connectivity index (χ1) is 12.2. The van der Waals surface area contributed by atoms with Crippen LogP contribution in [0.2, 0.25) is 0 Å². The van der Waals surface area contributed by atoms with Gasteiger partial charge >= 0.3 is 0 Å². The lowest BCUT2D eigenvalue weighted by molar-refractivity contribution is 0.357. The van der Waals surface area contributed by atoms with E-state index in [2.05, 4.69) is 93.2 Å². The second kappa shape index (κ2) is 8.09. The molecule has 0 aliphatic rings. The summed E-state index contributed by atoms with van der Waals surface area (Å²) in [7, 11) is -0.125. The van der Waals surface area contributed by atoms with E-state index < -0.39 is 0 Å². The van der Waals surface area contributed by atoms with Crippen LogP contribution < -0.4 is 4.74 Å². The molecule has 3 aromatic carbocycles. The predicted molar refractivity (Wildman–Crippen MR) is 107 cm³/mol. The van der Waals surface area contributed by atoms with Crippen molar-refractivity contribution >= 4 is 10.9 Å². The van der Waals surface area contributed by atoms with E-state index in [4.69, 9.17) is 4.74 Å². The fraction of sp³-hybridized carbons (Fsp3) is 0.130. The zero-order valence-corrected chi connectivity index (χ0v) is 15.6. The van der Waals surface area contributed by atoms with E-state index in [1.807, 2.05) is 0 Å². The maximum absolute atomic E-state index is 5.85. The third-order valence-electron chi connectivity index (χ3n) is 3.97. The lowest BCUT2D eigenvalue weighted by atomic mass is 10.1. The first kappa shape index (κ1) is 17.4. The summed E-state index contributed by atoms with van der Waals surface area (Å²) in [5.74, 6) is 0.966. The summed E-state index contributed by atoms with van der Waals surface area (Å²) in [5, 5.41) is 0. The molecule has 0 aliphatic carbocycles. The summed E-state index contributed by atoms with van der Waals surface area (Å²) in [6.45, 7) is 8.50. The second-order valence-electron chi connectivity index (χ2n) is 5.92. The Bertz CT molecular complexity index is 778. The van der Waals surface area contributed by atoms with Gasteiger partial charge in [-0.15, -0.1) is 10.9 Å². The van der Waals surface area contributed by atoms with Crippen molar-refractivity contribution in [3.63, 3.8) is 0 Å². The monoisotopic (exact) mass is 347 g/mol. The molecule has 3 aromatic rings. The van der Waals surface area contributed by atoms with Crippen molar-refractivity contribution in [2.24, 2.45) is 0 Å². The van der Waals surface area contributed by atoms with Crippen molar-refractivity contribution in [3.05, 3.63) is 96.6 Å². The molecular formula is C23H23OS. The maximum atomic E-state index is 5.85. The molecule has 0 saturated heterocycles. The first-order valence-corrected chi connectivity index (χ1v) is 9.62. The molecule has 0 heterocycles. The van der Waals surface area contributed by atoms with Gasteiger partial charge in [0.15, 0.2) is 0 Å². The summed E-state index contributed by atoms with van der Waals surface area (Å²) in [6, 6.07) is 25.9. The number of hydrogen-bond acceptors (Lipinski definition) is 1. The van der Waals surface area contributed by atoms with E-state index in [1.54, 1.807) is 6.08 Å². The van der Waals surface area contributed by atoms with Gasteiger partial charge in [-0.1, -0.05) is 49.1 Å².